The summed E-state index contributed by atoms with van der Waals surface area (Å²) in [5, 5.41) is 3.59. The van der Waals surface area contributed by atoms with Crippen LogP contribution in [0.25, 0.3) is 0 Å². The van der Waals surface area contributed by atoms with Gasteiger partial charge in [0.2, 0.25) is 0 Å². The molecule has 2 aliphatic rings. The van der Waals surface area contributed by atoms with Gasteiger partial charge in [0.25, 0.3) is 0 Å². The molecule has 2 fully saturated rings. The van der Waals surface area contributed by atoms with Gasteiger partial charge in [-0.3, -0.25) is 0 Å². The maximum Gasteiger partial charge on any atom is 0.0726 e. The third-order valence-electron chi connectivity index (χ3n) is 4.15. The van der Waals surface area contributed by atoms with Gasteiger partial charge in [-0.15, -0.1) is 0 Å². The Kier molecular flexibility index (Phi) is 4.62. The normalized spacial score (nSPS) is 28.3. The van der Waals surface area contributed by atoms with Crippen molar-refractivity contribution in [3.63, 3.8) is 0 Å². The lowest BCUT2D eigenvalue weighted by Crippen LogP contribution is -2.44. The van der Waals surface area contributed by atoms with E-state index in [2.05, 4.69) is 24.2 Å². The van der Waals surface area contributed by atoms with Crippen LogP contribution < -0.4 is 5.32 Å². The van der Waals surface area contributed by atoms with E-state index in [1.54, 1.807) is 0 Å². The van der Waals surface area contributed by atoms with Crippen LogP contribution in [0.1, 0.15) is 39.0 Å². The molecule has 1 saturated carbocycles. The molecule has 2 rings (SSSR count). The van der Waals surface area contributed by atoms with Gasteiger partial charge >= 0.3 is 0 Å². The molecule has 2 unspecified atom stereocenters. The lowest BCUT2D eigenvalue weighted by Gasteiger charge is -2.35. The average molecular weight is 226 g/mol. The Hall–Kier alpha value is -0.120. The molecule has 1 N–H and O–H groups in total. The first-order chi connectivity index (χ1) is 7.77. The van der Waals surface area contributed by atoms with Crippen LogP contribution in [0.15, 0.2) is 0 Å². The minimum Gasteiger partial charge on any atom is -0.377 e. The summed E-state index contributed by atoms with van der Waals surface area (Å²) in [5.41, 5.74) is 0. The Morgan fingerprint density at radius 3 is 2.69 bits per heavy atom. The molecule has 3 heteroatoms. The lowest BCUT2D eigenvalue weighted by molar-refractivity contribution is 0.0812. The van der Waals surface area contributed by atoms with E-state index in [9.17, 15) is 0 Å². The second kappa shape index (κ2) is 5.99. The number of ether oxygens (including phenoxy) is 1. The standard InChI is InChI=1S/C13H26N2O/c1-11(13-7-4-10-16-13)14-8-9-15(2)12-5-3-6-12/h11-14H,3-10H2,1-2H3. The molecule has 1 saturated heterocycles. The fourth-order valence-electron chi connectivity index (χ4n) is 2.61. The van der Waals surface area contributed by atoms with Gasteiger partial charge in [0.05, 0.1) is 6.10 Å². The first kappa shape index (κ1) is 12.3. The van der Waals surface area contributed by atoms with E-state index in [1.807, 2.05) is 0 Å². The van der Waals surface area contributed by atoms with Crippen molar-refractivity contribution in [2.45, 2.75) is 57.2 Å². The van der Waals surface area contributed by atoms with Crippen molar-refractivity contribution in [3.05, 3.63) is 0 Å². The minimum atomic E-state index is 0.453. The van der Waals surface area contributed by atoms with Gasteiger partial charge in [-0.1, -0.05) is 6.42 Å². The van der Waals surface area contributed by atoms with Crippen LogP contribution in [-0.2, 0) is 4.74 Å². The van der Waals surface area contributed by atoms with Gasteiger partial charge in [-0.05, 0) is 39.7 Å². The molecule has 0 spiro atoms. The second-order valence-corrected chi connectivity index (χ2v) is 5.36. The molecule has 1 aliphatic heterocycles. The number of likely N-dealkylation sites (N-methyl/N-ethyl adjacent to an activating group) is 1. The molecule has 94 valence electrons. The van der Waals surface area contributed by atoms with Crippen LogP contribution in [0.5, 0.6) is 0 Å². The van der Waals surface area contributed by atoms with Crippen molar-refractivity contribution >= 4 is 0 Å². The summed E-state index contributed by atoms with van der Waals surface area (Å²) in [6.07, 6.45) is 7.14. The van der Waals surface area contributed by atoms with E-state index in [1.165, 1.54) is 38.6 Å². The molecule has 16 heavy (non-hydrogen) atoms. The van der Waals surface area contributed by atoms with Crippen molar-refractivity contribution in [2.24, 2.45) is 0 Å². The highest BCUT2D eigenvalue weighted by molar-refractivity contribution is 4.80. The summed E-state index contributed by atoms with van der Waals surface area (Å²) >= 11 is 0. The van der Waals surface area contributed by atoms with Gasteiger partial charge in [0.1, 0.15) is 0 Å². The van der Waals surface area contributed by atoms with E-state index >= 15 is 0 Å². The summed E-state index contributed by atoms with van der Waals surface area (Å²) in [4.78, 5) is 2.50. The Bertz CT molecular complexity index is 200. The molecule has 0 aromatic carbocycles. The van der Waals surface area contributed by atoms with Crippen molar-refractivity contribution in [2.75, 3.05) is 26.7 Å². The predicted octanol–water partition coefficient (Wildman–Crippen LogP) is 1.63. The minimum absolute atomic E-state index is 0.453. The molecule has 2 atom stereocenters. The van der Waals surface area contributed by atoms with E-state index in [-0.39, 0.29) is 0 Å². The third-order valence-corrected chi connectivity index (χ3v) is 4.15. The van der Waals surface area contributed by atoms with Crippen LogP contribution in [0.4, 0.5) is 0 Å². The second-order valence-electron chi connectivity index (χ2n) is 5.36. The van der Waals surface area contributed by atoms with Crippen LogP contribution in [0.2, 0.25) is 0 Å². The Morgan fingerprint density at radius 1 is 1.31 bits per heavy atom. The zero-order chi connectivity index (χ0) is 11.4. The highest BCUT2D eigenvalue weighted by Crippen LogP contribution is 2.23. The molecular weight excluding hydrogens is 200 g/mol. The molecule has 0 aromatic rings. The van der Waals surface area contributed by atoms with Gasteiger partial charge < -0.3 is 15.0 Å². The first-order valence-corrected chi connectivity index (χ1v) is 6.82. The Labute approximate surface area is 99.5 Å². The van der Waals surface area contributed by atoms with Gasteiger partial charge in [0.15, 0.2) is 0 Å². The van der Waals surface area contributed by atoms with Crippen LogP contribution >= 0.6 is 0 Å². The fraction of sp³-hybridized carbons (Fsp3) is 1.00. The smallest absolute Gasteiger partial charge is 0.0726 e. The van der Waals surface area contributed by atoms with Gasteiger partial charge in [0, 0.05) is 31.8 Å². The Morgan fingerprint density at radius 2 is 2.12 bits per heavy atom. The van der Waals surface area contributed by atoms with E-state index < -0.39 is 0 Å². The molecule has 0 radical (unpaired) electrons. The van der Waals surface area contributed by atoms with Crippen molar-refractivity contribution in [3.8, 4) is 0 Å². The third kappa shape index (κ3) is 3.19. The molecule has 0 aromatic heterocycles. The number of nitrogens with one attached hydrogen (secondary N) is 1. The maximum atomic E-state index is 5.68. The number of nitrogens with zero attached hydrogens (tertiary/aromatic N) is 1. The molecule has 1 aliphatic carbocycles. The van der Waals surface area contributed by atoms with Gasteiger partial charge in [-0.2, -0.15) is 0 Å². The average Bonchev–Trinajstić information content (AvgIpc) is 2.67. The van der Waals surface area contributed by atoms with E-state index in [0.29, 0.717) is 12.1 Å². The predicted molar refractivity (Wildman–Crippen MR) is 66.7 cm³/mol. The highest BCUT2D eigenvalue weighted by atomic mass is 16.5. The van der Waals surface area contributed by atoms with Crippen molar-refractivity contribution in [1.82, 2.24) is 10.2 Å². The summed E-state index contributed by atoms with van der Waals surface area (Å²) in [5.74, 6) is 0. The summed E-state index contributed by atoms with van der Waals surface area (Å²) in [6, 6.07) is 1.37. The maximum absolute atomic E-state index is 5.68. The summed E-state index contributed by atoms with van der Waals surface area (Å²) in [6.45, 7) is 5.47. The summed E-state index contributed by atoms with van der Waals surface area (Å²) in [7, 11) is 2.25. The highest BCUT2D eigenvalue weighted by Gasteiger charge is 2.23. The SMILES string of the molecule is CC(NCCN(C)C1CCC1)C1CCCO1. The molecule has 3 nitrogen and oxygen atoms in total. The molecule has 0 bridgehead atoms. The zero-order valence-corrected chi connectivity index (χ0v) is 10.7. The molecular formula is C13H26N2O. The van der Waals surface area contributed by atoms with Crippen LogP contribution in [-0.4, -0.2) is 49.8 Å². The summed E-state index contributed by atoms with van der Waals surface area (Å²) < 4.78 is 5.68. The van der Waals surface area contributed by atoms with Crippen molar-refractivity contribution in [1.29, 1.82) is 0 Å². The van der Waals surface area contributed by atoms with Crippen LogP contribution in [0.3, 0.4) is 0 Å². The van der Waals surface area contributed by atoms with E-state index in [4.69, 9.17) is 4.74 Å². The van der Waals surface area contributed by atoms with Crippen molar-refractivity contribution < 1.29 is 4.74 Å². The number of rotatable bonds is 6. The molecule has 0 amide bonds. The topological polar surface area (TPSA) is 24.5 Å². The lowest BCUT2D eigenvalue weighted by atomic mass is 9.92. The molecule has 1 heterocycles. The zero-order valence-electron chi connectivity index (χ0n) is 10.7. The van der Waals surface area contributed by atoms with E-state index in [0.717, 1.165) is 19.2 Å². The monoisotopic (exact) mass is 226 g/mol. The number of hydrogen-bond acceptors (Lipinski definition) is 3. The largest absolute Gasteiger partial charge is 0.377 e. The van der Waals surface area contributed by atoms with Gasteiger partial charge in [-0.25, -0.2) is 0 Å². The number of hydrogen-bond donors (Lipinski definition) is 1. The van der Waals surface area contributed by atoms with Crippen LogP contribution in [0, 0.1) is 0 Å². The first-order valence-electron chi connectivity index (χ1n) is 6.82. The quantitative estimate of drug-likeness (QED) is 0.745. The Balaban J connectivity index is 1.55. The fourth-order valence-corrected chi connectivity index (χ4v) is 2.61.